The first-order valence-corrected chi connectivity index (χ1v) is 15.5. The molecule has 2 saturated heterocycles. The van der Waals surface area contributed by atoms with E-state index in [0.717, 1.165) is 36.1 Å². The third-order valence-electron chi connectivity index (χ3n) is 8.65. The molecule has 0 unspecified atom stereocenters. The zero-order chi connectivity index (χ0) is 33.0. The van der Waals surface area contributed by atoms with E-state index in [1.54, 1.807) is 22.5 Å². The number of aromatic nitrogens is 4. The molecule has 0 aliphatic carbocycles. The number of hydrogen-bond acceptors (Lipinski definition) is 9. The largest absolute Gasteiger partial charge is 0.462 e. The van der Waals surface area contributed by atoms with Crippen LogP contribution in [0.25, 0.3) is 28.4 Å². The summed E-state index contributed by atoms with van der Waals surface area (Å²) in [6.07, 6.45) is 8.95. The third kappa shape index (κ3) is 6.34. The fraction of sp³-hybridized carbons (Fsp3) is 0.371. The topological polar surface area (TPSA) is 120 Å². The molecule has 0 bridgehead atoms. The molecule has 4 heterocycles. The summed E-state index contributed by atoms with van der Waals surface area (Å²) >= 11 is 0. The van der Waals surface area contributed by atoms with Gasteiger partial charge in [0.2, 0.25) is 5.91 Å². The molecule has 2 fully saturated rings. The minimum atomic E-state index is -0.392. The van der Waals surface area contributed by atoms with E-state index >= 15 is 0 Å². The first-order valence-electron chi connectivity index (χ1n) is 15.5. The van der Waals surface area contributed by atoms with Gasteiger partial charge in [-0.1, -0.05) is 50.1 Å². The highest BCUT2D eigenvalue weighted by Crippen LogP contribution is 2.30. The zero-order valence-electron chi connectivity index (χ0n) is 26.8. The number of benzene rings is 1. The second-order valence-corrected chi connectivity index (χ2v) is 11.7. The van der Waals surface area contributed by atoms with Crippen LogP contribution in [0.4, 0.5) is 5.82 Å². The number of nitrogens with zero attached hydrogens (tertiary/aromatic N) is 8. The highest BCUT2D eigenvalue weighted by atomic mass is 16.5. The fourth-order valence-electron chi connectivity index (χ4n) is 6.32. The van der Waals surface area contributed by atoms with Gasteiger partial charge in [-0.25, -0.2) is 4.98 Å². The van der Waals surface area contributed by atoms with Crippen LogP contribution in [0.2, 0.25) is 0 Å². The lowest BCUT2D eigenvalue weighted by molar-refractivity contribution is -0.128. The predicted octanol–water partition coefficient (Wildman–Crippen LogP) is 4.31. The van der Waals surface area contributed by atoms with Crippen LogP contribution in [0.5, 0.6) is 6.01 Å². The van der Waals surface area contributed by atoms with Gasteiger partial charge in [-0.3, -0.25) is 14.2 Å². The van der Waals surface area contributed by atoms with Crippen LogP contribution in [0.15, 0.2) is 61.0 Å². The minimum Gasteiger partial charge on any atom is -0.462 e. The highest BCUT2D eigenvalue weighted by Gasteiger charge is 2.32. The molecule has 5 rings (SSSR count). The molecule has 2 aliphatic heterocycles. The molecule has 1 amide bonds. The van der Waals surface area contributed by atoms with Crippen molar-refractivity contribution >= 4 is 34.4 Å². The van der Waals surface area contributed by atoms with Crippen LogP contribution >= 0.6 is 0 Å². The Labute approximate surface area is 269 Å². The Balaban J connectivity index is 1.68. The Morgan fingerprint density at radius 3 is 2.63 bits per heavy atom. The van der Waals surface area contributed by atoms with Gasteiger partial charge in [0.05, 0.1) is 24.2 Å². The summed E-state index contributed by atoms with van der Waals surface area (Å²) < 4.78 is 7.74. The van der Waals surface area contributed by atoms with Crippen molar-refractivity contribution in [1.29, 1.82) is 5.26 Å². The molecule has 1 aromatic carbocycles. The summed E-state index contributed by atoms with van der Waals surface area (Å²) in [5.41, 5.74) is 3.21. The lowest BCUT2D eigenvalue weighted by Crippen LogP contribution is -2.55. The van der Waals surface area contributed by atoms with Gasteiger partial charge in [-0.2, -0.15) is 15.2 Å². The van der Waals surface area contributed by atoms with Crippen LogP contribution in [0.3, 0.4) is 0 Å². The number of aryl methyl sites for hydroxylation is 1. The summed E-state index contributed by atoms with van der Waals surface area (Å²) in [7, 11) is 2.07. The molecule has 0 N–H and O–H groups in total. The fourth-order valence-corrected chi connectivity index (χ4v) is 6.32. The first kappa shape index (κ1) is 32.3. The van der Waals surface area contributed by atoms with E-state index in [-0.39, 0.29) is 35.5 Å². The molecule has 11 heteroatoms. The van der Waals surface area contributed by atoms with E-state index in [0.29, 0.717) is 49.1 Å². The first-order chi connectivity index (χ1) is 22.2. The molecule has 2 aromatic heterocycles. The van der Waals surface area contributed by atoms with E-state index in [1.807, 2.05) is 42.2 Å². The van der Waals surface area contributed by atoms with E-state index in [2.05, 4.69) is 42.7 Å². The number of rotatable bonds is 10. The Bertz CT molecular complexity index is 1820. The quantitative estimate of drug-likeness (QED) is 0.241. The second-order valence-electron chi connectivity index (χ2n) is 11.7. The standard InChI is InChI=1S/C35H40N8O3/c1-7-9-12-25-13-10-15-28(30(25)23(3)4)43-24(5)37-31-32(34(43)45)38-35(46-22-27-14-11-18-40(27)6)39-33(31)41-19-20-42(29(44)8-2)26(21-41)16-17-36/h7-10,12-13,15,26-27H,1-3,11,14,16,18-22H2,4-6H3/b12-9-/t26-,27-/m0/s1. The van der Waals surface area contributed by atoms with Crippen molar-refractivity contribution in [1.82, 2.24) is 29.3 Å². The van der Waals surface area contributed by atoms with Crippen molar-refractivity contribution < 1.29 is 9.53 Å². The Kier molecular flexibility index (Phi) is 9.78. The number of likely N-dealkylation sites (tertiary alicyclic amines) is 1. The van der Waals surface area contributed by atoms with Crippen LogP contribution in [-0.2, 0) is 4.79 Å². The van der Waals surface area contributed by atoms with Gasteiger partial charge >= 0.3 is 6.01 Å². The average Bonchev–Trinajstić information content (AvgIpc) is 3.46. The number of hydrogen-bond donors (Lipinski definition) is 0. The molecule has 3 aromatic rings. The zero-order valence-corrected chi connectivity index (χ0v) is 26.8. The van der Waals surface area contributed by atoms with E-state index in [4.69, 9.17) is 14.7 Å². The SMILES string of the molecule is C=C/C=C\c1cccc(-n2c(C)nc3c(N4CCN(C(=O)C=C)[C@@H](CC#N)C4)nc(OC[C@@H]4CCCN4C)nc3c2=O)c1C(=C)C. The number of carbonyl (C=O) groups excluding carboxylic acids is 1. The van der Waals surface area contributed by atoms with E-state index in [1.165, 1.54) is 6.08 Å². The van der Waals surface area contributed by atoms with Gasteiger partial charge in [0.15, 0.2) is 11.3 Å². The number of carbonyl (C=O) groups is 1. The number of anilines is 1. The van der Waals surface area contributed by atoms with E-state index in [9.17, 15) is 14.9 Å². The molecule has 0 spiro atoms. The minimum absolute atomic E-state index is 0.0846. The molecular weight excluding hydrogens is 580 g/mol. The molecule has 238 valence electrons. The summed E-state index contributed by atoms with van der Waals surface area (Å²) in [6, 6.07) is 7.82. The molecule has 2 atom stereocenters. The molecular formula is C35H40N8O3. The van der Waals surface area contributed by atoms with Crippen LogP contribution in [-0.4, -0.2) is 87.1 Å². The molecule has 2 aliphatic rings. The van der Waals surface area contributed by atoms with Crippen LogP contribution in [0.1, 0.15) is 43.1 Å². The van der Waals surface area contributed by atoms with Gasteiger partial charge < -0.3 is 19.4 Å². The Hall–Kier alpha value is -5.08. The number of allylic oxidation sites excluding steroid dienone is 3. The van der Waals surface area contributed by atoms with Crippen molar-refractivity contribution in [2.24, 2.45) is 0 Å². The lowest BCUT2D eigenvalue weighted by Gasteiger charge is -2.40. The van der Waals surface area contributed by atoms with Crippen molar-refractivity contribution in [2.75, 3.05) is 44.7 Å². The maximum Gasteiger partial charge on any atom is 0.319 e. The highest BCUT2D eigenvalue weighted by molar-refractivity contribution is 5.89. The summed E-state index contributed by atoms with van der Waals surface area (Å²) in [4.78, 5) is 47.3. The Morgan fingerprint density at radius 2 is 1.96 bits per heavy atom. The number of amides is 1. The predicted molar refractivity (Wildman–Crippen MR) is 181 cm³/mol. The normalized spacial score (nSPS) is 18.6. The summed E-state index contributed by atoms with van der Waals surface area (Å²) in [5.74, 6) is 0.654. The monoisotopic (exact) mass is 620 g/mol. The van der Waals surface area contributed by atoms with Gasteiger partial charge in [0.25, 0.3) is 5.56 Å². The average molecular weight is 621 g/mol. The number of likely N-dealkylation sites (N-methyl/N-ethyl adjacent to an activating group) is 1. The molecule has 11 nitrogen and oxygen atoms in total. The van der Waals surface area contributed by atoms with Crippen molar-refractivity contribution in [3.63, 3.8) is 0 Å². The summed E-state index contributed by atoms with van der Waals surface area (Å²) in [6.45, 7) is 17.7. The molecule has 0 saturated carbocycles. The maximum atomic E-state index is 14.5. The van der Waals surface area contributed by atoms with Gasteiger partial charge in [-0.15, -0.1) is 0 Å². The van der Waals surface area contributed by atoms with Crippen LogP contribution < -0.4 is 15.2 Å². The van der Waals surface area contributed by atoms with Gasteiger partial charge in [0, 0.05) is 31.2 Å². The number of nitriles is 1. The van der Waals surface area contributed by atoms with Crippen molar-refractivity contribution in [3.8, 4) is 17.8 Å². The Morgan fingerprint density at radius 1 is 1.15 bits per heavy atom. The number of piperazine rings is 1. The summed E-state index contributed by atoms with van der Waals surface area (Å²) in [5, 5.41) is 9.55. The smallest absolute Gasteiger partial charge is 0.319 e. The molecule has 46 heavy (non-hydrogen) atoms. The van der Waals surface area contributed by atoms with Crippen molar-refractivity contribution in [2.45, 2.75) is 45.2 Å². The van der Waals surface area contributed by atoms with Crippen LogP contribution in [0, 0.1) is 18.3 Å². The maximum absolute atomic E-state index is 14.5. The van der Waals surface area contributed by atoms with Crippen molar-refractivity contribution in [3.05, 3.63) is 83.5 Å². The number of ether oxygens (including phenoxy) is 1. The van der Waals surface area contributed by atoms with Gasteiger partial charge in [-0.05, 0) is 63.6 Å². The molecule has 0 radical (unpaired) electrons. The number of fused-ring (bicyclic) bond motifs is 1. The second kappa shape index (κ2) is 13.9. The lowest BCUT2D eigenvalue weighted by atomic mass is 9.98. The third-order valence-corrected chi connectivity index (χ3v) is 8.65. The van der Waals surface area contributed by atoms with E-state index < -0.39 is 6.04 Å². The van der Waals surface area contributed by atoms with Gasteiger partial charge in [0.1, 0.15) is 17.9 Å².